The number of hydrogen-bond donors (Lipinski definition) is 0. The van der Waals surface area contributed by atoms with E-state index in [-0.39, 0.29) is 31.1 Å². The van der Waals surface area contributed by atoms with Crippen LogP contribution in [-0.4, -0.2) is 37.2 Å². The van der Waals surface area contributed by atoms with E-state index in [0.29, 0.717) is 19.3 Å². The molecule has 83 heavy (non-hydrogen) atoms. The summed E-state index contributed by atoms with van der Waals surface area (Å²) in [5.74, 6) is -0.865. The zero-order valence-electron chi connectivity index (χ0n) is 55.5. The number of carbonyl (C=O) groups excluding carboxylic acids is 3. The maximum absolute atomic E-state index is 12.9. The molecule has 0 aliphatic carbocycles. The van der Waals surface area contributed by atoms with Crippen LogP contribution >= 0.6 is 0 Å². The lowest BCUT2D eigenvalue weighted by atomic mass is 10.0. The lowest BCUT2D eigenvalue weighted by Gasteiger charge is -2.18. The van der Waals surface area contributed by atoms with E-state index >= 15 is 0 Å². The number of ether oxygens (including phenoxy) is 3. The van der Waals surface area contributed by atoms with Gasteiger partial charge in [0.05, 0.1) is 0 Å². The number of hydrogen-bond acceptors (Lipinski definition) is 6. The highest BCUT2D eigenvalue weighted by molar-refractivity contribution is 5.71. The van der Waals surface area contributed by atoms with Crippen LogP contribution in [-0.2, 0) is 28.6 Å². The Hall–Kier alpha value is -3.15. The topological polar surface area (TPSA) is 78.9 Å². The Kier molecular flexibility index (Phi) is 68.6. The molecule has 6 nitrogen and oxygen atoms in total. The molecule has 0 aliphatic heterocycles. The summed E-state index contributed by atoms with van der Waals surface area (Å²) in [5.41, 5.74) is 0. The zero-order chi connectivity index (χ0) is 59.9. The van der Waals surface area contributed by atoms with Crippen molar-refractivity contribution in [1.29, 1.82) is 0 Å². The van der Waals surface area contributed by atoms with Crippen LogP contribution in [0.25, 0.3) is 0 Å². The van der Waals surface area contributed by atoms with Crippen LogP contribution in [0.1, 0.15) is 380 Å². The molecule has 6 heteroatoms. The van der Waals surface area contributed by atoms with Gasteiger partial charge in [-0.05, 0) is 96.3 Å². The summed E-state index contributed by atoms with van der Waals surface area (Å²) < 4.78 is 17.0. The molecule has 0 N–H and O–H groups in total. The van der Waals surface area contributed by atoms with Gasteiger partial charge in [0, 0.05) is 19.3 Å². The zero-order valence-corrected chi connectivity index (χ0v) is 55.5. The van der Waals surface area contributed by atoms with Crippen LogP contribution in [0.5, 0.6) is 0 Å². The van der Waals surface area contributed by atoms with Gasteiger partial charge in [0.1, 0.15) is 13.2 Å². The van der Waals surface area contributed by atoms with Gasteiger partial charge in [0.15, 0.2) is 6.10 Å². The molecule has 0 heterocycles. The summed E-state index contributed by atoms with van der Waals surface area (Å²) in [4.78, 5) is 38.5. The van der Waals surface area contributed by atoms with E-state index in [4.69, 9.17) is 14.2 Å². The molecule has 1 atom stereocenters. The maximum Gasteiger partial charge on any atom is 0.306 e. The second-order valence-corrected chi connectivity index (χ2v) is 24.5. The van der Waals surface area contributed by atoms with Gasteiger partial charge in [0.2, 0.25) is 0 Å². The van der Waals surface area contributed by atoms with E-state index in [9.17, 15) is 14.4 Å². The van der Waals surface area contributed by atoms with Crippen LogP contribution < -0.4 is 0 Å². The first-order valence-electron chi connectivity index (χ1n) is 36.4. The van der Waals surface area contributed by atoms with Gasteiger partial charge in [-0.25, -0.2) is 0 Å². The van der Waals surface area contributed by atoms with Crippen LogP contribution in [0.4, 0.5) is 0 Å². The summed E-state index contributed by atoms with van der Waals surface area (Å²) in [6, 6.07) is 0. The van der Waals surface area contributed by atoms with Crippen LogP contribution in [0, 0.1) is 0 Å². The monoisotopic (exact) mass is 1160 g/mol. The Morgan fingerprint density at radius 2 is 0.434 bits per heavy atom. The third-order valence-corrected chi connectivity index (χ3v) is 16.2. The summed E-state index contributed by atoms with van der Waals surface area (Å²) in [7, 11) is 0. The lowest BCUT2D eigenvalue weighted by Crippen LogP contribution is -2.30. The molecule has 0 aromatic carbocycles. The predicted molar refractivity (Wildman–Crippen MR) is 362 cm³/mol. The highest BCUT2D eigenvalue weighted by Crippen LogP contribution is 2.18. The average molecular weight is 1160 g/mol. The third-order valence-electron chi connectivity index (χ3n) is 16.2. The van der Waals surface area contributed by atoms with Gasteiger partial charge < -0.3 is 14.2 Å². The Balaban J connectivity index is 4.24. The first kappa shape index (κ1) is 79.8. The normalized spacial score (nSPS) is 12.5. The summed E-state index contributed by atoms with van der Waals surface area (Å²) in [6.07, 6.45) is 93.6. The summed E-state index contributed by atoms with van der Waals surface area (Å²) in [5, 5.41) is 0. The minimum Gasteiger partial charge on any atom is -0.462 e. The highest BCUT2D eigenvalue weighted by atomic mass is 16.6. The van der Waals surface area contributed by atoms with Crippen LogP contribution in [0.2, 0.25) is 0 Å². The number of rotatable bonds is 67. The molecule has 0 saturated carbocycles. The largest absolute Gasteiger partial charge is 0.462 e. The first-order valence-corrected chi connectivity index (χ1v) is 36.4. The number of esters is 3. The molecule has 0 aliphatic rings. The Morgan fingerprint density at radius 3 is 0.699 bits per heavy atom. The lowest BCUT2D eigenvalue weighted by molar-refractivity contribution is -0.167. The fourth-order valence-corrected chi connectivity index (χ4v) is 10.7. The smallest absolute Gasteiger partial charge is 0.306 e. The molecule has 0 rings (SSSR count). The van der Waals surface area contributed by atoms with Crippen molar-refractivity contribution in [2.75, 3.05) is 13.2 Å². The molecule has 0 aromatic heterocycles. The molecular weight excluding hydrogens is 1020 g/mol. The maximum atomic E-state index is 12.9. The number of carbonyl (C=O) groups is 3. The highest BCUT2D eigenvalue weighted by Gasteiger charge is 2.19. The van der Waals surface area contributed by atoms with Crippen molar-refractivity contribution in [2.24, 2.45) is 0 Å². The van der Waals surface area contributed by atoms with E-state index in [1.807, 2.05) is 0 Å². The predicted octanol–water partition coefficient (Wildman–Crippen LogP) is 25.2. The minimum absolute atomic E-state index is 0.0760. The van der Waals surface area contributed by atoms with Crippen molar-refractivity contribution >= 4 is 17.9 Å². The standard InChI is InChI=1S/C77H138O6/c1-4-7-10-13-16-19-22-25-28-30-32-33-34-35-36-37-38-39-40-41-42-43-45-46-49-52-55-58-61-64-67-70-76(79)82-73-74(72-81-75(78)69-66-63-60-57-54-51-48-27-24-21-18-15-12-9-6-3)83-77(80)71-68-65-62-59-56-53-50-47-44-31-29-26-23-20-17-14-11-8-5-2/h17,20,22,25-26,29-30,32,34-35,44,47,74H,4-16,18-19,21,23-24,27-28,31,33,36-43,45-46,48-73H2,1-3H3/b20-17-,25-22-,29-26-,32-30-,35-34-,47-44-. The average Bonchev–Trinajstić information content (AvgIpc) is 3.49. The molecule has 0 aromatic rings. The first-order chi connectivity index (χ1) is 41.0. The van der Waals surface area contributed by atoms with E-state index in [0.717, 1.165) is 96.3 Å². The number of allylic oxidation sites excluding steroid dienone is 12. The van der Waals surface area contributed by atoms with Gasteiger partial charge in [0.25, 0.3) is 0 Å². The molecule has 482 valence electrons. The van der Waals surface area contributed by atoms with E-state index in [1.54, 1.807) is 0 Å². The van der Waals surface area contributed by atoms with Crippen molar-refractivity contribution in [2.45, 2.75) is 386 Å². The number of unbranched alkanes of at least 4 members (excludes halogenated alkanes) is 44. The SMILES string of the molecule is CCCCC/C=C\C/C=C\C/C=C\CCCCCCCCC(=O)OC(COC(=O)CCCCCCCCCCCCCCCCC)COC(=O)CCCCCCCCCCCCCCCCCC/C=C\C/C=C\C/C=C\CCCCCCC. The van der Waals surface area contributed by atoms with Crippen molar-refractivity contribution in [1.82, 2.24) is 0 Å². The van der Waals surface area contributed by atoms with E-state index in [2.05, 4.69) is 93.7 Å². The molecule has 0 bridgehead atoms. The van der Waals surface area contributed by atoms with Gasteiger partial charge in [-0.1, -0.05) is 338 Å². The second-order valence-electron chi connectivity index (χ2n) is 24.5. The van der Waals surface area contributed by atoms with Gasteiger partial charge in [-0.2, -0.15) is 0 Å². The molecule has 0 radical (unpaired) electrons. The van der Waals surface area contributed by atoms with E-state index < -0.39 is 6.10 Å². The molecule has 0 amide bonds. The minimum atomic E-state index is -0.782. The summed E-state index contributed by atoms with van der Waals surface area (Å²) >= 11 is 0. The molecule has 0 spiro atoms. The second kappa shape index (κ2) is 71.3. The van der Waals surface area contributed by atoms with Crippen molar-refractivity contribution in [3.05, 3.63) is 72.9 Å². The van der Waals surface area contributed by atoms with E-state index in [1.165, 1.54) is 244 Å². The Bertz CT molecular complexity index is 1520. The van der Waals surface area contributed by atoms with Crippen molar-refractivity contribution < 1.29 is 28.6 Å². The molecule has 1 unspecified atom stereocenters. The van der Waals surface area contributed by atoms with Gasteiger partial charge >= 0.3 is 17.9 Å². The molecule has 0 fully saturated rings. The Morgan fingerprint density at radius 1 is 0.241 bits per heavy atom. The quantitative estimate of drug-likeness (QED) is 0.0261. The fourth-order valence-electron chi connectivity index (χ4n) is 10.7. The van der Waals surface area contributed by atoms with Crippen LogP contribution in [0.15, 0.2) is 72.9 Å². The fraction of sp³-hybridized carbons (Fsp3) is 0.805. The van der Waals surface area contributed by atoms with Gasteiger partial charge in [-0.3, -0.25) is 14.4 Å². The van der Waals surface area contributed by atoms with Crippen molar-refractivity contribution in [3.8, 4) is 0 Å². The summed E-state index contributed by atoms with van der Waals surface area (Å²) in [6.45, 7) is 6.65. The molecular formula is C77H138O6. The van der Waals surface area contributed by atoms with Crippen LogP contribution in [0.3, 0.4) is 0 Å². The van der Waals surface area contributed by atoms with Crippen molar-refractivity contribution in [3.63, 3.8) is 0 Å². The third kappa shape index (κ3) is 69.5. The Labute approximate surface area is 516 Å². The molecule has 0 saturated heterocycles. The van der Waals surface area contributed by atoms with Gasteiger partial charge in [-0.15, -0.1) is 0 Å².